The highest BCUT2D eigenvalue weighted by Crippen LogP contribution is 2.29. The van der Waals surface area contributed by atoms with E-state index in [-0.39, 0.29) is 6.61 Å². The van der Waals surface area contributed by atoms with E-state index in [1.54, 1.807) is 6.07 Å². The van der Waals surface area contributed by atoms with Crippen molar-refractivity contribution in [3.63, 3.8) is 0 Å². The third-order valence-electron chi connectivity index (χ3n) is 2.49. The molecule has 88 valence electrons. The van der Waals surface area contributed by atoms with E-state index in [9.17, 15) is 4.79 Å². The Bertz CT molecular complexity index is 377. The van der Waals surface area contributed by atoms with Gasteiger partial charge in [0, 0.05) is 0 Å². The van der Waals surface area contributed by atoms with E-state index in [1.807, 2.05) is 12.1 Å². The summed E-state index contributed by atoms with van der Waals surface area (Å²) >= 11 is 3.38. The first-order valence-corrected chi connectivity index (χ1v) is 5.98. The molecule has 0 heterocycles. The maximum atomic E-state index is 10.4. The number of hydrogen-bond donors (Lipinski definition) is 1. The molecule has 0 bridgehead atoms. The van der Waals surface area contributed by atoms with Crippen LogP contribution in [0.4, 0.5) is 0 Å². The number of carbonyl (C=O) groups is 1. The highest BCUT2D eigenvalue weighted by Gasteiger charge is 2.08. The van der Waals surface area contributed by atoms with Gasteiger partial charge in [0.25, 0.3) is 0 Å². The van der Waals surface area contributed by atoms with Gasteiger partial charge in [-0.1, -0.05) is 19.9 Å². The zero-order valence-corrected chi connectivity index (χ0v) is 11.0. The molecule has 1 unspecified atom stereocenters. The smallest absolute Gasteiger partial charge is 0.341 e. The predicted molar refractivity (Wildman–Crippen MR) is 66.0 cm³/mol. The normalized spacial score (nSPS) is 12.2. The molecule has 0 saturated carbocycles. The van der Waals surface area contributed by atoms with E-state index in [0.29, 0.717) is 11.7 Å². The molecule has 0 radical (unpaired) electrons. The van der Waals surface area contributed by atoms with Crippen molar-refractivity contribution in [1.29, 1.82) is 0 Å². The number of benzene rings is 1. The van der Waals surface area contributed by atoms with E-state index in [2.05, 4.69) is 29.8 Å². The molecule has 1 atom stereocenters. The van der Waals surface area contributed by atoms with Crippen LogP contribution in [0.1, 0.15) is 31.7 Å². The van der Waals surface area contributed by atoms with Gasteiger partial charge in [0.15, 0.2) is 6.61 Å². The molecule has 1 aromatic carbocycles. The molecule has 3 nitrogen and oxygen atoms in total. The summed E-state index contributed by atoms with van der Waals surface area (Å²) in [6.45, 7) is 3.97. The zero-order valence-electron chi connectivity index (χ0n) is 9.37. The molecular weight excluding hydrogens is 272 g/mol. The maximum Gasteiger partial charge on any atom is 0.341 e. The summed E-state index contributed by atoms with van der Waals surface area (Å²) in [5.74, 6) is 0.0807. The zero-order chi connectivity index (χ0) is 12.1. The van der Waals surface area contributed by atoms with Crippen molar-refractivity contribution < 1.29 is 14.6 Å². The molecule has 0 spiro atoms. The van der Waals surface area contributed by atoms with Crippen molar-refractivity contribution in [2.45, 2.75) is 26.2 Å². The van der Waals surface area contributed by atoms with Crippen LogP contribution in [-0.2, 0) is 4.79 Å². The van der Waals surface area contributed by atoms with Gasteiger partial charge in [-0.2, -0.15) is 0 Å². The molecule has 0 aliphatic heterocycles. The van der Waals surface area contributed by atoms with Gasteiger partial charge in [-0.25, -0.2) is 4.79 Å². The third kappa shape index (κ3) is 3.52. The first-order chi connectivity index (χ1) is 7.54. The number of aliphatic carboxylic acids is 1. The van der Waals surface area contributed by atoms with E-state index in [4.69, 9.17) is 9.84 Å². The topological polar surface area (TPSA) is 46.5 Å². The maximum absolute atomic E-state index is 10.4. The molecule has 16 heavy (non-hydrogen) atoms. The summed E-state index contributed by atoms with van der Waals surface area (Å²) in [6.07, 6.45) is 1.07. The lowest BCUT2D eigenvalue weighted by molar-refractivity contribution is -0.139. The van der Waals surface area contributed by atoms with Crippen LogP contribution in [0, 0.1) is 0 Å². The van der Waals surface area contributed by atoms with Crippen LogP contribution in [0.25, 0.3) is 0 Å². The van der Waals surface area contributed by atoms with Gasteiger partial charge in [-0.15, -0.1) is 0 Å². The fourth-order valence-corrected chi connectivity index (χ4v) is 1.83. The van der Waals surface area contributed by atoms with Crippen molar-refractivity contribution in [3.05, 3.63) is 28.2 Å². The highest BCUT2D eigenvalue weighted by atomic mass is 79.9. The quantitative estimate of drug-likeness (QED) is 0.902. The van der Waals surface area contributed by atoms with Gasteiger partial charge >= 0.3 is 5.97 Å². The van der Waals surface area contributed by atoms with Gasteiger partial charge in [-0.05, 0) is 46.0 Å². The summed E-state index contributed by atoms with van der Waals surface area (Å²) in [6, 6.07) is 5.75. The molecule has 0 aliphatic rings. The van der Waals surface area contributed by atoms with Crippen molar-refractivity contribution in [3.8, 4) is 5.75 Å². The summed E-state index contributed by atoms with van der Waals surface area (Å²) in [5.41, 5.74) is 1.22. The largest absolute Gasteiger partial charge is 0.481 e. The Kier molecular flexibility index (Phi) is 4.80. The van der Waals surface area contributed by atoms with E-state index in [1.165, 1.54) is 5.56 Å². The SMILES string of the molecule is CCC(C)c1ccc(OCC(=O)O)c(Br)c1. The average Bonchev–Trinajstić information content (AvgIpc) is 2.26. The second kappa shape index (κ2) is 5.89. The molecule has 4 heteroatoms. The first kappa shape index (κ1) is 13.0. The Morgan fingerprint density at radius 1 is 1.56 bits per heavy atom. The van der Waals surface area contributed by atoms with Gasteiger partial charge in [0.2, 0.25) is 0 Å². The highest BCUT2D eigenvalue weighted by molar-refractivity contribution is 9.10. The lowest BCUT2D eigenvalue weighted by atomic mass is 9.99. The monoisotopic (exact) mass is 286 g/mol. The Morgan fingerprint density at radius 3 is 2.75 bits per heavy atom. The van der Waals surface area contributed by atoms with Crippen LogP contribution in [0.5, 0.6) is 5.75 Å². The first-order valence-electron chi connectivity index (χ1n) is 5.18. The van der Waals surface area contributed by atoms with Gasteiger partial charge in [0.1, 0.15) is 5.75 Å². The summed E-state index contributed by atoms with van der Waals surface area (Å²) in [5, 5.41) is 8.51. The number of carboxylic acids is 1. The molecule has 0 aromatic heterocycles. The number of rotatable bonds is 5. The van der Waals surface area contributed by atoms with Crippen LogP contribution >= 0.6 is 15.9 Å². The van der Waals surface area contributed by atoms with E-state index >= 15 is 0 Å². The molecule has 1 rings (SSSR count). The Labute approximate surface area is 104 Å². The molecule has 0 fully saturated rings. The van der Waals surface area contributed by atoms with Crippen LogP contribution < -0.4 is 4.74 Å². The van der Waals surface area contributed by atoms with Crippen LogP contribution in [0.3, 0.4) is 0 Å². The Morgan fingerprint density at radius 2 is 2.25 bits per heavy atom. The van der Waals surface area contributed by atoms with Crippen LogP contribution in [0.2, 0.25) is 0 Å². The van der Waals surface area contributed by atoms with Gasteiger partial charge in [0.05, 0.1) is 4.47 Å². The van der Waals surface area contributed by atoms with Gasteiger partial charge in [-0.3, -0.25) is 0 Å². The van der Waals surface area contributed by atoms with E-state index < -0.39 is 5.97 Å². The fraction of sp³-hybridized carbons (Fsp3) is 0.417. The number of carboxylic acid groups (broad SMARTS) is 1. The van der Waals surface area contributed by atoms with Crippen molar-refractivity contribution in [2.24, 2.45) is 0 Å². The molecule has 0 amide bonds. The summed E-state index contributed by atoms with van der Waals surface area (Å²) in [7, 11) is 0. The second-order valence-corrected chi connectivity index (χ2v) is 4.54. The lowest BCUT2D eigenvalue weighted by Crippen LogP contribution is -2.09. The number of ether oxygens (including phenoxy) is 1. The van der Waals surface area contributed by atoms with Crippen molar-refractivity contribution >= 4 is 21.9 Å². The average molecular weight is 287 g/mol. The minimum absolute atomic E-state index is 0.318. The second-order valence-electron chi connectivity index (χ2n) is 3.68. The molecule has 0 aliphatic carbocycles. The number of hydrogen-bond acceptors (Lipinski definition) is 2. The van der Waals surface area contributed by atoms with Crippen molar-refractivity contribution in [1.82, 2.24) is 0 Å². The Balaban J connectivity index is 2.79. The fourth-order valence-electron chi connectivity index (χ4n) is 1.32. The lowest BCUT2D eigenvalue weighted by Gasteiger charge is -2.12. The summed E-state index contributed by atoms with van der Waals surface area (Å²) < 4.78 is 5.92. The van der Waals surface area contributed by atoms with Crippen LogP contribution in [0.15, 0.2) is 22.7 Å². The minimum Gasteiger partial charge on any atom is -0.481 e. The Hall–Kier alpha value is -1.03. The summed E-state index contributed by atoms with van der Waals surface area (Å²) in [4.78, 5) is 10.4. The molecule has 0 saturated heterocycles. The third-order valence-corrected chi connectivity index (χ3v) is 3.11. The van der Waals surface area contributed by atoms with E-state index in [0.717, 1.165) is 10.9 Å². The predicted octanol–water partition coefficient (Wildman–Crippen LogP) is 3.43. The number of halogens is 1. The molecular formula is C12H15BrO3. The standard InChI is InChI=1S/C12H15BrO3/c1-3-8(2)9-4-5-11(10(13)6-9)16-7-12(14)15/h4-6,8H,3,7H2,1-2H3,(H,14,15). The minimum atomic E-state index is -0.974. The molecule has 1 N–H and O–H groups in total. The van der Waals surface area contributed by atoms with Crippen LogP contribution in [-0.4, -0.2) is 17.7 Å². The van der Waals surface area contributed by atoms with Gasteiger partial charge < -0.3 is 9.84 Å². The van der Waals surface area contributed by atoms with Crippen molar-refractivity contribution in [2.75, 3.05) is 6.61 Å². The molecule has 1 aromatic rings.